The Balaban J connectivity index is 2.28. The van der Waals surface area contributed by atoms with Crippen LogP contribution in [0.1, 0.15) is 13.8 Å². The van der Waals surface area contributed by atoms with E-state index in [1.54, 1.807) is 11.0 Å². The number of hydrogen-bond acceptors (Lipinski definition) is 5. The van der Waals surface area contributed by atoms with E-state index in [1.165, 1.54) is 0 Å². The lowest BCUT2D eigenvalue weighted by Crippen LogP contribution is -2.08. The first-order valence-corrected chi connectivity index (χ1v) is 6.33. The summed E-state index contributed by atoms with van der Waals surface area (Å²) >= 11 is 6.17. The predicted octanol–water partition coefficient (Wildman–Crippen LogP) is 3.24. The zero-order valence-corrected chi connectivity index (χ0v) is 12.1. The van der Waals surface area contributed by atoms with E-state index in [4.69, 9.17) is 20.9 Å². The molecule has 0 aliphatic heterocycles. The van der Waals surface area contributed by atoms with Gasteiger partial charge in [0.25, 0.3) is 0 Å². The summed E-state index contributed by atoms with van der Waals surface area (Å²) in [6.45, 7) is 3.90. The Labute approximate surface area is 117 Å². The summed E-state index contributed by atoms with van der Waals surface area (Å²) in [5, 5.41) is 4.44. The number of nitrogens with zero attached hydrogens (tertiary/aromatic N) is 3. The summed E-state index contributed by atoms with van der Waals surface area (Å²) in [6.07, 6.45) is 0.0777. The Hall–Kier alpha value is -1.75. The van der Waals surface area contributed by atoms with Crippen molar-refractivity contribution in [1.82, 2.24) is 10.1 Å². The van der Waals surface area contributed by atoms with Gasteiger partial charge in [0.1, 0.15) is 5.75 Å². The molecule has 1 aromatic carbocycles. The Morgan fingerprint density at radius 1 is 1.32 bits per heavy atom. The topological polar surface area (TPSA) is 51.4 Å². The fourth-order valence-electron chi connectivity index (χ4n) is 1.50. The number of ether oxygens (including phenoxy) is 1. The van der Waals surface area contributed by atoms with Crippen LogP contribution in [-0.2, 0) is 0 Å². The molecule has 0 saturated carbocycles. The molecular weight excluding hydrogens is 266 g/mol. The molecule has 0 spiro atoms. The first-order valence-electron chi connectivity index (χ1n) is 5.95. The summed E-state index contributed by atoms with van der Waals surface area (Å²) < 4.78 is 10.7. The molecule has 1 aromatic heterocycles. The van der Waals surface area contributed by atoms with Gasteiger partial charge in [-0.3, -0.25) is 0 Å². The first kappa shape index (κ1) is 13.7. The summed E-state index contributed by atoms with van der Waals surface area (Å²) in [5.41, 5.74) is 0.790. The highest BCUT2D eigenvalue weighted by atomic mass is 35.5. The lowest BCUT2D eigenvalue weighted by atomic mass is 10.2. The van der Waals surface area contributed by atoms with Crippen LogP contribution in [0.3, 0.4) is 0 Å². The molecule has 0 unspecified atom stereocenters. The number of halogens is 1. The molecule has 5 nitrogen and oxygen atoms in total. The van der Waals surface area contributed by atoms with Crippen LogP contribution in [-0.4, -0.2) is 30.3 Å². The van der Waals surface area contributed by atoms with E-state index in [0.29, 0.717) is 22.6 Å². The molecule has 6 heteroatoms. The molecule has 0 bridgehead atoms. The fraction of sp³-hybridized carbons (Fsp3) is 0.385. The second-order valence-electron chi connectivity index (χ2n) is 4.61. The lowest BCUT2D eigenvalue weighted by molar-refractivity contribution is 0.242. The van der Waals surface area contributed by atoms with E-state index in [9.17, 15) is 0 Å². The maximum Gasteiger partial charge on any atom is 0.323 e. The highest BCUT2D eigenvalue weighted by Crippen LogP contribution is 2.30. The van der Waals surface area contributed by atoms with Crippen molar-refractivity contribution in [3.05, 3.63) is 23.2 Å². The van der Waals surface area contributed by atoms with Gasteiger partial charge < -0.3 is 14.2 Å². The highest BCUT2D eigenvalue weighted by molar-refractivity contribution is 6.32. The van der Waals surface area contributed by atoms with Crippen molar-refractivity contribution in [3.8, 4) is 17.1 Å². The minimum absolute atomic E-state index is 0.0777. The highest BCUT2D eigenvalue weighted by Gasteiger charge is 2.12. The lowest BCUT2D eigenvalue weighted by Gasteiger charge is -2.11. The quantitative estimate of drug-likeness (QED) is 0.861. The van der Waals surface area contributed by atoms with Crippen LogP contribution in [0, 0.1) is 0 Å². The van der Waals surface area contributed by atoms with Crippen molar-refractivity contribution in [1.29, 1.82) is 0 Å². The van der Waals surface area contributed by atoms with E-state index in [2.05, 4.69) is 10.1 Å². The second kappa shape index (κ2) is 5.48. The van der Waals surface area contributed by atoms with Gasteiger partial charge in [0.05, 0.1) is 11.1 Å². The van der Waals surface area contributed by atoms with E-state index in [-0.39, 0.29) is 6.10 Å². The Morgan fingerprint density at radius 3 is 2.58 bits per heavy atom. The molecule has 0 N–H and O–H groups in total. The van der Waals surface area contributed by atoms with E-state index in [1.807, 2.05) is 40.1 Å². The molecule has 2 rings (SSSR count). The number of benzene rings is 1. The zero-order valence-electron chi connectivity index (χ0n) is 11.3. The van der Waals surface area contributed by atoms with Gasteiger partial charge in [-0.05, 0) is 32.0 Å². The van der Waals surface area contributed by atoms with Crippen molar-refractivity contribution in [3.63, 3.8) is 0 Å². The minimum Gasteiger partial charge on any atom is -0.489 e. The summed E-state index contributed by atoms with van der Waals surface area (Å²) in [5.74, 6) is 1.15. The van der Waals surface area contributed by atoms with Gasteiger partial charge in [0, 0.05) is 19.7 Å². The van der Waals surface area contributed by atoms with Gasteiger partial charge in [-0.1, -0.05) is 16.8 Å². The Morgan fingerprint density at radius 2 is 2.05 bits per heavy atom. The number of rotatable bonds is 4. The largest absolute Gasteiger partial charge is 0.489 e. The van der Waals surface area contributed by atoms with Crippen molar-refractivity contribution in [2.75, 3.05) is 19.0 Å². The van der Waals surface area contributed by atoms with Crippen LogP contribution in [0.5, 0.6) is 5.75 Å². The van der Waals surface area contributed by atoms with Gasteiger partial charge in [-0.15, -0.1) is 0 Å². The monoisotopic (exact) mass is 281 g/mol. The third-order valence-corrected chi connectivity index (χ3v) is 2.65. The van der Waals surface area contributed by atoms with E-state index in [0.717, 1.165) is 5.56 Å². The van der Waals surface area contributed by atoms with Gasteiger partial charge in [-0.25, -0.2) is 0 Å². The van der Waals surface area contributed by atoms with Crippen LogP contribution < -0.4 is 9.64 Å². The normalized spacial score (nSPS) is 10.8. The fourth-order valence-corrected chi connectivity index (χ4v) is 1.73. The maximum atomic E-state index is 6.17. The van der Waals surface area contributed by atoms with E-state index < -0.39 is 0 Å². The van der Waals surface area contributed by atoms with Crippen molar-refractivity contribution in [2.45, 2.75) is 20.0 Å². The summed E-state index contributed by atoms with van der Waals surface area (Å²) in [4.78, 5) is 6.00. The summed E-state index contributed by atoms with van der Waals surface area (Å²) in [6, 6.07) is 5.88. The van der Waals surface area contributed by atoms with Crippen LogP contribution >= 0.6 is 11.6 Å². The van der Waals surface area contributed by atoms with Crippen molar-refractivity contribution < 1.29 is 9.26 Å². The molecule has 2 aromatic rings. The Kier molecular flexibility index (Phi) is 3.95. The van der Waals surface area contributed by atoms with Crippen molar-refractivity contribution >= 4 is 17.6 Å². The molecule has 1 heterocycles. The van der Waals surface area contributed by atoms with Crippen LogP contribution in [0.2, 0.25) is 5.02 Å². The molecule has 19 heavy (non-hydrogen) atoms. The minimum atomic E-state index is 0.0777. The average Bonchev–Trinajstić information content (AvgIpc) is 2.80. The van der Waals surface area contributed by atoms with Gasteiger partial charge in [0.15, 0.2) is 0 Å². The third-order valence-electron chi connectivity index (χ3n) is 2.35. The Bertz CT molecular complexity index is 567. The maximum absolute atomic E-state index is 6.17. The third kappa shape index (κ3) is 3.17. The number of hydrogen-bond donors (Lipinski definition) is 0. The van der Waals surface area contributed by atoms with Gasteiger partial charge in [-0.2, -0.15) is 4.98 Å². The standard InChI is InChI=1S/C13H16ClN3O2/c1-8(2)18-11-6-5-9(7-10(11)14)12-15-13(17(3)4)19-16-12/h5-8H,1-4H3. The molecule has 0 aliphatic rings. The van der Waals surface area contributed by atoms with Crippen LogP contribution in [0.25, 0.3) is 11.4 Å². The molecule has 0 fully saturated rings. The molecule has 0 aliphatic carbocycles. The predicted molar refractivity (Wildman–Crippen MR) is 74.8 cm³/mol. The molecule has 102 valence electrons. The van der Waals surface area contributed by atoms with Crippen LogP contribution in [0.15, 0.2) is 22.7 Å². The zero-order chi connectivity index (χ0) is 14.0. The molecular formula is C13H16ClN3O2. The molecule has 0 atom stereocenters. The average molecular weight is 282 g/mol. The first-order chi connectivity index (χ1) is 8.97. The number of aromatic nitrogens is 2. The SMILES string of the molecule is CC(C)Oc1ccc(-c2noc(N(C)C)n2)cc1Cl. The number of anilines is 1. The van der Waals surface area contributed by atoms with E-state index >= 15 is 0 Å². The van der Waals surface area contributed by atoms with Gasteiger partial charge >= 0.3 is 6.01 Å². The second-order valence-corrected chi connectivity index (χ2v) is 5.01. The molecule has 0 saturated heterocycles. The van der Waals surface area contributed by atoms with Crippen LogP contribution in [0.4, 0.5) is 6.01 Å². The molecule has 0 amide bonds. The summed E-state index contributed by atoms with van der Waals surface area (Å²) in [7, 11) is 3.67. The van der Waals surface area contributed by atoms with Crippen molar-refractivity contribution in [2.24, 2.45) is 0 Å². The molecule has 0 radical (unpaired) electrons. The van der Waals surface area contributed by atoms with Gasteiger partial charge in [0.2, 0.25) is 5.82 Å². The smallest absolute Gasteiger partial charge is 0.323 e.